The van der Waals surface area contributed by atoms with Gasteiger partial charge in [-0.25, -0.2) is 4.79 Å². The van der Waals surface area contributed by atoms with E-state index < -0.39 is 0 Å². The van der Waals surface area contributed by atoms with Crippen LogP contribution in [0.1, 0.15) is 11.1 Å². The number of aryl methyl sites for hydroxylation is 1. The molecule has 3 aromatic rings. The highest BCUT2D eigenvalue weighted by molar-refractivity contribution is 6.30. The highest BCUT2D eigenvalue weighted by Crippen LogP contribution is 2.24. The molecule has 4 nitrogen and oxygen atoms in total. The molecule has 0 amide bonds. The summed E-state index contributed by atoms with van der Waals surface area (Å²) in [4.78, 5) is 15.7. The van der Waals surface area contributed by atoms with Crippen molar-refractivity contribution in [2.45, 2.75) is 6.92 Å². The van der Waals surface area contributed by atoms with E-state index in [0.29, 0.717) is 21.9 Å². The van der Waals surface area contributed by atoms with Crippen molar-refractivity contribution in [1.82, 2.24) is 0 Å². The topological polar surface area (TPSA) is 62.8 Å². The molecule has 2 aromatic carbocycles. The molecule has 0 aliphatic rings. The minimum Gasteiger partial charge on any atom is -0.507 e. The first-order valence-electron chi connectivity index (χ1n) is 6.60. The molecule has 0 spiro atoms. The number of hydrogen-bond donors (Lipinski definition) is 1. The Morgan fingerprint density at radius 1 is 1.18 bits per heavy atom. The molecule has 3 rings (SSSR count). The zero-order valence-electron chi connectivity index (χ0n) is 11.7. The van der Waals surface area contributed by atoms with E-state index in [4.69, 9.17) is 16.0 Å². The number of phenols is 1. The maximum atomic E-state index is 11.4. The molecule has 5 heteroatoms. The summed E-state index contributed by atoms with van der Waals surface area (Å²) in [6.45, 7) is 1.86. The lowest BCUT2D eigenvalue weighted by atomic mass is 10.1. The van der Waals surface area contributed by atoms with Crippen LogP contribution in [0.3, 0.4) is 0 Å². The second kappa shape index (κ2) is 5.66. The van der Waals surface area contributed by atoms with E-state index in [2.05, 4.69) is 4.99 Å². The molecule has 0 aliphatic heterocycles. The maximum absolute atomic E-state index is 11.4. The smallest absolute Gasteiger partial charge is 0.336 e. The van der Waals surface area contributed by atoms with Crippen molar-refractivity contribution in [3.8, 4) is 5.75 Å². The second-order valence-electron chi connectivity index (χ2n) is 4.89. The van der Waals surface area contributed by atoms with E-state index >= 15 is 0 Å². The van der Waals surface area contributed by atoms with Gasteiger partial charge in [0, 0.05) is 34.3 Å². The quantitative estimate of drug-likeness (QED) is 0.569. The number of aromatic hydroxyl groups is 1. The Morgan fingerprint density at radius 2 is 2.00 bits per heavy atom. The van der Waals surface area contributed by atoms with Crippen LogP contribution in [-0.4, -0.2) is 11.3 Å². The summed E-state index contributed by atoms with van der Waals surface area (Å²) in [6, 6.07) is 11.6. The normalized spacial score (nSPS) is 11.4. The summed E-state index contributed by atoms with van der Waals surface area (Å²) in [6.07, 6.45) is 1.53. The Labute approximate surface area is 131 Å². The van der Waals surface area contributed by atoms with Crippen molar-refractivity contribution in [2.24, 2.45) is 4.99 Å². The van der Waals surface area contributed by atoms with Gasteiger partial charge in [-0.15, -0.1) is 0 Å². The first-order valence-corrected chi connectivity index (χ1v) is 6.98. The minimum absolute atomic E-state index is 0.0550. The van der Waals surface area contributed by atoms with Crippen LogP contribution in [-0.2, 0) is 0 Å². The fourth-order valence-corrected chi connectivity index (χ4v) is 2.33. The van der Waals surface area contributed by atoms with Crippen LogP contribution in [0.15, 0.2) is 56.7 Å². The molecule has 1 heterocycles. The third-order valence-electron chi connectivity index (χ3n) is 3.28. The van der Waals surface area contributed by atoms with Crippen molar-refractivity contribution in [2.75, 3.05) is 0 Å². The highest BCUT2D eigenvalue weighted by Gasteiger charge is 2.03. The number of rotatable bonds is 2. The Morgan fingerprint density at radius 3 is 2.77 bits per heavy atom. The average Bonchev–Trinajstić information content (AvgIpc) is 2.45. The summed E-state index contributed by atoms with van der Waals surface area (Å²) >= 11 is 5.78. The molecular formula is C17H12ClNO3. The fraction of sp³-hybridized carbons (Fsp3) is 0.0588. The molecule has 1 aromatic heterocycles. The van der Waals surface area contributed by atoms with E-state index in [1.165, 1.54) is 18.3 Å². The largest absolute Gasteiger partial charge is 0.507 e. The van der Waals surface area contributed by atoms with Gasteiger partial charge in [-0.1, -0.05) is 11.6 Å². The molecule has 0 unspecified atom stereocenters. The lowest BCUT2D eigenvalue weighted by molar-refractivity contribution is 0.474. The van der Waals surface area contributed by atoms with Crippen molar-refractivity contribution in [3.63, 3.8) is 0 Å². The Hall–Kier alpha value is -2.59. The van der Waals surface area contributed by atoms with E-state index in [1.54, 1.807) is 18.2 Å². The Balaban J connectivity index is 2.00. The van der Waals surface area contributed by atoms with Crippen molar-refractivity contribution < 1.29 is 9.52 Å². The van der Waals surface area contributed by atoms with Gasteiger partial charge in [-0.05, 0) is 42.8 Å². The van der Waals surface area contributed by atoms with E-state index in [1.807, 2.05) is 19.1 Å². The van der Waals surface area contributed by atoms with Crippen LogP contribution < -0.4 is 5.63 Å². The monoisotopic (exact) mass is 313 g/mol. The van der Waals surface area contributed by atoms with Crippen LogP contribution in [0.2, 0.25) is 5.02 Å². The van der Waals surface area contributed by atoms with Gasteiger partial charge in [0.15, 0.2) is 0 Å². The first kappa shape index (κ1) is 14.4. The lowest BCUT2D eigenvalue weighted by Gasteiger charge is -2.02. The van der Waals surface area contributed by atoms with Crippen molar-refractivity contribution in [1.29, 1.82) is 0 Å². The van der Waals surface area contributed by atoms with Gasteiger partial charge in [0.05, 0.1) is 5.69 Å². The summed E-state index contributed by atoms with van der Waals surface area (Å²) < 4.78 is 5.18. The molecule has 110 valence electrons. The minimum atomic E-state index is -0.388. The molecule has 0 aliphatic carbocycles. The third kappa shape index (κ3) is 2.87. The second-order valence-corrected chi connectivity index (χ2v) is 5.33. The van der Waals surface area contributed by atoms with Crippen molar-refractivity contribution >= 4 is 34.5 Å². The van der Waals surface area contributed by atoms with E-state index in [-0.39, 0.29) is 11.4 Å². The molecule has 0 fully saturated rings. The van der Waals surface area contributed by atoms with Crippen LogP contribution in [0.25, 0.3) is 11.0 Å². The van der Waals surface area contributed by atoms with Gasteiger partial charge >= 0.3 is 5.63 Å². The summed E-state index contributed by atoms with van der Waals surface area (Å²) in [5.41, 5.74) is 2.13. The number of benzene rings is 2. The van der Waals surface area contributed by atoms with Gasteiger partial charge in [0.2, 0.25) is 0 Å². The average molecular weight is 314 g/mol. The third-order valence-corrected chi connectivity index (χ3v) is 3.52. The number of nitrogens with zero attached hydrogens (tertiary/aromatic N) is 1. The molecule has 0 atom stereocenters. The molecular weight excluding hydrogens is 302 g/mol. The molecule has 0 radical (unpaired) electrons. The number of hydrogen-bond acceptors (Lipinski definition) is 4. The van der Waals surface area contributed by atoms with Crippen molar-refractivity contribution in [3.05, 3.63) is 69.0 Å². The maximum Gasteiger partial charge on any atom is 0.336 e. The molecule has 0 saturated heterocycles. The number of phenolic OH excluding ortho intramolecular Hbond substituents is 1. The van der Waals surface area contributed by atoms with Gasteiger partial charge < -0.3 is 9.52 Å². The number of fused-ring (bicyclic) bond motifs is 1. The highest BCUT2D eigenvalue weighted by atomic mass is 35.5. The SMILES string of the molecule is Cc1cc(=O)oc2cc(N=Cc3ccc(Cl)cc3O)ccc12. The van der Waals surface area contributed by atoms with Crippen LogP contribution in [0, 0.1) is 6.92 Å². The van der Waals surface area contributed by atoms with Crippen LogP contribution in [0.5, 0.6) is 5.75 Å². The van der Waals surface area contributed by atoms with Crippen LogP contribution >= 0.6 is 11.6 Å². The predicted octanol–water partition coefficient (Wildman–Crippen LogP) is 4.21. The predicted molar refractivity (Wildman–Crippen MR) is 87.6 cm³/mol. The molecule has 0 bridgehead atoms. The molecule has 1 N–H and O–H groups in total. The van der Waals surface area contributed by atoms with Gasteiger partial charge in [0.25, 0.3) is 0 Å². The fourth-order valence-electron chi connectivity index (χ4n) is 2.16. The van der Waals surface area contributed by atoms with Gasteiger partial charge in [-0.2, -0.15) is 0 Å². The van der Waals surface area contributed by atoms with Crippen LogP contribution in [0.4, 0.5) is 5.69 Å². The summed E-state index contributed by atoms with van der Waals surface area (Å²) in [5.74, 6) is 0.0550. The Bertz CT molecular complexity index is 944. The first-order chi connectivity index (χ1) is 10.5. The number of halogens is 1. The van der Waals surface area contributed by atoms with Gasteiger partial charge in [-0.3, -0.25) is 4.99 Å². The molecule has 0 saturated carbocycles. The number of aliphatic imine (C=N–C) groups is 1. The van der Waals surface area contributed by atoms with Gasteiger partial charge in [0.1, 0.15) is 11.3 Å². The molecule has 22 heavy (non-hydrogen) atoms. The Kier molecular flexibility index (Phi) is 3.69. The zero-order chi connectivity index (χ0) is 15.7. The van der Waals surface area contributed by atoms with E-state index in [9.17, 15) is 9.90 Å². The lowest BCUT2D eigenvalue weighted by Crippen LogP contribution is -1.97. The summed E-state index contributed by atoms with van der Waals surface area (Å²) in [7, 11) is 0. The summed E-state index contributed by atoms with van der Waals surface area (Å²) in [5, 5.41) is 11.1. The zero-order valence-corrected chi connectivity index (χ0v) is 12.5. The van der Waals surface area contributed by atoms with E-state index in [0.717, 1.165) is 10.9 Å². The standard InChI is InChI=1S/C17H12ClNO3/c1-10-6-17(21)22-16-8-13(4-5-14(10)16)19-9-11-2-3-12(18)7-15(11)20/h2-9,20H,1H3.